The van der Waals surface area contributed by atoms with Crippen LogP contribution in [0.15, 0.2) is 30.3 Å². The lowest BCUT2D eigenvalue weighted by Crippen LogP contribution is -2.33. The van der Waals surface area contributed by atoms with Gasteiger partial charge in [0.05, 0.1) is 5.75 Å². The number of hydrogen-bond donors (Lipinski definition) is 1. The van der Waals surface area contributed by atoms with E-state index in [2.05, 4.69) is 29.6 Å². The van der Waals surface area contributed by atoms with E-state index in [0.29, 0.717) is 11.8 Å². The molecule has 3 heteroatoms. The summed E-state index contributed by atoms with van der Waals surface area (Å²) in [7, 11) is 0. The molecule has 0 bridgehead atoms. The molecular formula is C15H21NOS. The Labute approximate surface area is 114 Å². The molecule has 18 heavy (non-hydrogen) atoms. The van der Waals surface area contributed by atoms with E-state index in [1.807, 2.05) is 6.07 Å². The highest BCUT2D eigenvalue weighted by atomic mass is 32.2. The molecule has 2 nitrogen and oxygen atoms in total. The van der Waals surface area contributed by atoms with Gasteiger partial charge in [-0.1, -0.05) is 43.2 Å². The van der Waals surface area contributed by atoms with Crippen LogP contribution < -0.4 is 5.32 Å². The SMILES string of the molecule is O=C(CSCCc1ccccc1)NC1CCCC1. The second-order valence-electron chi connectivity index (χ2n) is 4.84. The first-order chi connectivity index (χ1) is 8.84. The van der Waals surface area contributed by atoms with Gasteiger partial charge in [-0.25, -0.2) is 0 Å². The minimum Gasteiger partial charge on any atom is -0.353 e. The molecule has 1 fully saturated rings. The Balaban J connectivity index is 1.56. The Morgan fingerprint density at radius 1 is 1.22 bits per heavy atom. The molecule has 0 aromatic heterocycles. The Morgan fingerprint density at radius 2 is 1.94 bits per heavy atom. The van der Waals surface area contributed by atoms with Crippen molar-refractivity contribution in [2.24, 2.45) is 0 Å². The molecular weight excluding hydrogens is 242 g/mol. The third kappa shape index (κ3) is 4.73. The van der Waals surface area contributed by atoms with Gasteiger partial charge in [-0.3, -0.25) is 4.79 Å². The predicted molar refractivity (Wildman–Crippen MR) is 77.9 cm³/mol. The van der Waals surface area contributed by atoms with E-state index in [9.17, 15) is 4.79 Å². The van der Waals surface area contributed by atoms with Crippen LogP contribution >= 0.6 is 11.8 Å². The first kappa shape index (κ1) is 13.5. The largest absolute Gasteiger partial charge is 0.353 e. The van der Waals surface area contributed by atoms with Crippen molar-refractivity contribution in [3.63, 3.8) is 0 Å². The van der Waals surface area contributed by atoms with Crippen molar-refractivity contribution in [2.75, 3.05) is 11.5 Å². The first-order valence-corrected chi connectivity index (χ1v) is 7.91. The fourth-order valence-corrected chi connectivity index (χ4v) is 3.13. The van der Waals surface area contributed by atoms with Gasteiger partial charge in [0.1, 0.15) is 0 Å². The highest BCUT2D eigenvalue weighted by Gasteiger charge is 2.16. The van der Waals surface area contributed by atoms with E-state index in [-0.39, 0.29) is 5.91 Å². The standard InChI is InChI=1S/C15H21NOS/c17-15(16-14-8-4-5-9-14)12-18-11-10-13-6-2-1-3-7-13/h1-3,6-7,14H,4-5,8-12H2,(H,16,17). The highest BCUT2D eigenvalue weighted by Crippen LogP contribution is 2.17. The van der Waals surface area contributed by atoms with E-state index in [1.165, 1.54) is 31.2 Å². The molecule has 2 rings (SSSR count). The summed E-state index contributed by atoms with van der Waals surface area (Å²) in [5.41, 5.74) is 1.35. The molecule has 1 saturated carbocycles. The van der Waals surface area contributed by atoms with Crippen molar-refractivity contribution in [3.05, 3.63) is 35.9 Å². The molecule has 1 aliphatic carbocycles. The lowest BCUT2D eigenvalue weighted by molar-refractivity contribution is -0.119. The van der Waals surface area contributed by atoms with E-state index < -0.39 is 0 Å². The van der Waals surface area contributed by atoms with Crippen LogP contribution in [-0.4, -0.2) is 23.5 Å². The van der Waals surface area contributed by atoms with Crippen LogP contribution in [0.3, 0.4) is 0 Å². The van der Waals surface area contributed by atoms with Crippen LogP contribution in [0.1, 0.15) is 31.2 Å². The van der Waals surface area contributed by atoms with Crippen LogP contribution in [0, 0.1) is 0 Å². The van der Waals surface area contributed by atoms with E-state index in [4.69, 9.17) is 0 Å². The molecule has 0 aliphatic heterocycles. The summed E-state index contributed by atoms with van der Waals surface area (Å²) in [6.45, 7) is 0. The lowest BCUT2D eigenvalue weighted by atomic mass is 10.2. The molecule has 0 atom stereocenters. The van der Waals surface area contributed by atoms with Gasteiger partial charge in [0, 0.05) is 6.04 Å². The maximum atomic E-state index is 11.7. The average Bonchev–Trinajstić information content (AvgIpc) is 2.89. The molecule has 1 aliphatic rings. The Kier molecular flexibility index (Phi) is 5.59. The zero-order valence-corrected chi connectivity index (χ0v) is 11.5. The number of carbonyl (C=O) groups is 1. The number of benzene rings is 1. The van der Waals surface area contributed by atoms with Gasteiger partial charge >= 0.3 is 0 Å². The van der Waals surface area contributed by atoms with Gasteiger partial charge in [-0.05, 0) is 30.6 Å². The van der Waals surface area contributed by atoms with Crippen LogP contribution in [0.2, 0.25) is 0 Å². The number of amides is 1. The fraction of sp³-hybridized carbons (Fsp3) is 0.533. The molecule has 0 spiro atoms. The van der Waals surface area contributed by atoms with Crippen molar-refractivity contribution >= 4 is 17.7 Å². The van der Waals surface area contributed by atoms with E-state index >= 15 is 0 Å². The zero-order chi connectivity index (χ0) is 12.6. The minimum absolute atomic E-state index is 0.208. The Bertz CT molecular complexity index is 360. The Morgan fingerprint density at radius 3 is 2.67 bits per heavy atom. The molecule has 0 heterocycles. The maximum absolute atomic E-state index is 11.7. The summed E-state index contributed by atoms with van der Waals surface area (Å²) >= 11 is 1.73. The smallest absolute Gasteiger partial charge is 0.230 e. The van der Waals surface area contributed by atoms with Crippen LogP contribution in [0.5, 0.6) is 0 Å². The third-order valence-electron chi connectivity index (χ3n) is 3.33. The first-order valence-electron chi connectivity index (χ1n) is 6.75. The van der Waals surface area contributed by atoms with Crippen molar-refractivity contribution in [3.8, 4) is 0 Å². The van der Waals surface area contributed by atoms with E-state index in [0.717, 1.165) is 12.2 Å². The molecule has 98 valence electrons. The van der Waals surface area contributed by atoms with Gasteiger partial charge in [0.25, 0.3) is 0 Å². The van der Waals surface area contributed by atoms with Crippen LogP contribution in [0.25, 0.3) is 0 Å². The molecule has 1 aromatic rings. The molecule has 0 unspecified atom stereocenters. The summed E-state index contributed by atoms with van der Waals surface area (Å²) in [6, 6.07) is 10.9. The molecule has 0 saturated heterocycles. The van der Waals surface area contributed by atoms with Crippen molar-refractivity contribution in [1.82, 2.24) is 5.32 Å². The number of carbonyl (C=O) groups excluding carboxylic acids is 1. The van der Waals surface area contributed by atoms with Crippen LogP contribution in [-0.2, 0) is 11.2 Å². The summed E-state index contributed by atoms with van der Waals surface area (Å²) in [5.74, 6) is 1.82. The van der Waals surface area contributed by atoms with Gasteiger partial charge < -0.3 is 5.32 Å². The number of rotatable bonds is 6. The molecule has 1 amide bonds. The number of aryl methyl sites for hydroxylation is 1. The molecule has 1 N–H and O–H groups in total. The van der Waals surface area contributed by atoms with Gasteiger partial charge in [0.2, 0.25) is 5.91 Å². The van der Waals surface area contributed by atoms with Gasteiger partial charge in [-0.15, -0.1) is 0 Å². The zero-order valence-electron chi connectivity index (χ0n) is 10.7. The summed E-state index contributed by atoms with van der Waals surface area (Å²) in [6.07, 6.45) is 5.92. The predicted octanol–water partition coefficient (Wildman–Crippen LogP) is 3.02. The monoisotopic (exact) mass is 263 g/mol. The topological polar surface area (TPSA) is 29.1 Å². The normalized spacial score (nSPS) is 15.8. The van der Waals surface area contributed by atoms with Crippen molar-refractivity contribution < 1.29 is 4.79 Å². The Hall–Kier alpha value is -0.960. The molecule has 1 aromatic carbocycles. The number of thioether (sulfide) groups is 1. The third-order valence-corrected chi connectivity index (χ3v) is 4.29. The minimum atomic E-state index is 0.208. The molecule has 0 radical (unpaired) electrons. The highest BCUT2D eigenvalue weighted by molar-refractivity contribution is 7.99. The summed E-state index contributed by atoms with van der Waals surface area (Å²) in [4.78, 5) is 11.7. The van der Waals surface area contributed by atoms with Crippen molar-refractivity contribution in [1.29, 1.82) is 0 Å². The second-order valence-corrected chi connectivity index (χ2v) is 5.94. The quantitative estimate of drug-likeness (QED) is 0.799. The van der Waals surface area contributed by atoms with Gasteiger partial charge in [-0.2, -0.15) is 11.8 Å². The summed E-state index contributed by atoms with van der Waals surface area (Å²) < 4.78 is 0. The summed E-state index contributed by atoms with van der Waals surface area (Å²) in [5, 5.41) is 3.12. The second kappa shape index (κ2) is 7.47. The maximum Gasteiger partial charge on any atom is 0.230 e. The average molecular weight is 263 g/mol. The van der Waals surface area contributed by atoms with Gasteiger partial charge in [0.15, 0.2) is 0 Å². The van der Waals surface area contributed by atoms with E-state index in [1.54, 1.807) is 11.8 Å². The van der Waals surface area contributed by atoms with Crippen molar-refractivity contribution in [2.45, 2.75) is 38.1 Å². The lowest BCUT2D eigenvalue weighted by Gasteiger charge is -2.11. The van der Waals surface area contributed by atoms with Crippen LogP contribution in [0.4, 0.5) is 0 Å². The number of hydrogen-bond acceptors (Lipinski definition) is 2. The fourth-order valence-electron chi connectivity index (χ4n) is 2.34. The number of nitrogens with one attached hydrogen (secondary N) is 1.